The molecule has 0 bridgehead atoms. The summed E-state index contributed by atoms with van der Waals surface area (Å²) >= 11 is 6.06. The fourth-order valence-corrected chi connectivity index (χ4v) is 3.31. The number of fused-ring (bicyclic) bond motifs is 1. The van der Waals surface area contributed by atoms with E-state index < -0.39 is 35.2 Å². The fourth-order valence-electron chi connectivity index (χ4n) is 3.12. The molecule has 34 heavy (non-hydrogen) atoms. The number of alkyl halides is 5. The summed E-state index contributed by atoms with van der Waals surface area (Å²) in [5.74, 6) is -6.85. The maximum Gasteiger partial charge on any atom is 0.459 e. The minimum atomic E-state index is -5.89. The van der Waals surface area contributed by atoms with Crippen molar-refractivity contribution in [3.8, 4) is 0 Å². The molecule has 1 amide bonds. The second-order valence-electron chi connectivity index (χ2n) is 7.22. The second kappa shape index (κ2) is 8.31. The molecule has 0 aliphatic heterocycles. The van der Waals surface area contributed by atoms with Gasteiger partial charge in [-0.15, -0.1) is 0 Å². The Morgan fingerprint density at radius 2 is 1.82 bits per heavy atom. The zero-order valence-corrected chi connectivity index (χ0v) is 17.8. The van der Waals surface area contributed by atoms with E-state index in [9.17, 15) is 31.1 Å². The molecule has 178 valence electrons. The molecule has 7 nitrogen and oxygen atoms in total. The molecule has 0 fully saturated rings. The van der Waals surface area contributed by atoms with Crippen LogP contribution < -0.4 is 5.32 Å². The number of aryl methyl sites for hydroxylation is 1. The first kappa shape index (κ1) is 23.5. The first-order valence-corrected chi connectivity index (χ1v) is 9.85. The van der Waals surface area contributed by atoms with Gasteiger partial charge in [-0.25, -0.2) is 13.9 Å². The van der Waals surface area contributed by atoms with Gasteiger partial charge in [0.25, 0.3) is 5.91 Å². The van der Waals surface area contributed by atoms with Crippen LogP contribution in [0, 0.1) is 12.7 Å². The minimum absolute atomic E-state index is 0.00426. The van der Waals surface area contributed by atoms with E-state index in [4.69, 9.17) is 11.6 Å². The van der Waals surface area contributed by atoms with Gasteiger partial charge < -0.3 is 5.32 Å². The molecule has 3 heterocycles. The van der Waals surface area contributed by atoms with Crippen molar-refractivity contribution < 1.29 is 31.1 Å². The lowest BCUT2D eigenvalue weighted by molar-refractivity contribution is -0.291. The third-order valence-corrected chi connectivity index (χ3v) is 4.98. The highest BCUT2D eigenvalue weighted by atomic mass is 35.5. The van der Waals surface area contributed by atoms with Gasteiger partial charge in [0.15, 0.2) is 17.2 Å². The number of nitrogens with one attached hydrogen (secondary N) is 1. The molecule has 4 rings (SSSR count). The average Bonchev–Trinajstić information content (AvgIpc) is 3.31. The number of hydrogen-bond acceptors (Lipinski definition) is 4. The van der Waals surface area contributed by atoms with Crippen molar-refractivity contribution in [2.45, 2.75) is 25.6 Å². The van der Waals surface area contributed by atoms with Crippen LogP contribution >= 0.6 is 11.6 Å². The number of carbonyl (C=O) groups is 1. The summed E-state index contributed by atoms with van der Waals surface area (Å²) in [6.45, 7) is 1.22. The quantitative estimate of drug-likeness (QED) is 0.390. The smallest absolute Gasteiger partial charge is 0.302 e. The Labute approximate surface area is 192 Å². The molecule has 0 saturated heterocycles. The van der Waals surface area contributed by atoms with Gasteiger partial charge in [-0.3, -0.25) is 9.48 Å². The molecule has 0 radical (unpaired) electrons. The number of aromatic nitrogens is 5. The Balaban J connectivity index is 1.63. The third-order valence-electron chi connectivity index (χ3n) is 4.70. The van der Waals surface area contributed by atoms with E-state index in [1.54, 1.807) is 6.07 Å². The molecular formula is C20H13ClF6N6O. The van der Waals surface area contributed by atoms with Crippen molar-refractivity contribution in [1.82, 2.24) is 24.4 Å². The summed E-state index contributed by atoms with van der Waals surface area (Å²) in [6, 6.07) is 7.42. The van der Waals surface area contributed by atoms with E-state index in [2.05, 4.69) is 20.5 Å². The number of nitrogens with zero attached hydrogens (tertiary/aromatic N) is 5. The molecule has 0 atom stereocenters. The van der Waals surface area contributed by atoms with Gasteiger partial charge in [0.05, 0.1) is 6.54 Å². The van der Waals surface area contributed by atoms with Crippen molar-refractivity contribution in [1.29, 1.82) is 0 Å². The Kier molecular flexibility index (Phi) is 5.75. The molecule has 0 aliphatic rings. The highest BCUT2D eigenvalue weighted by Gasteiger charge is 2.60. The van der Waals surface area contributed by atoms with Gasteiger partial charge in [0.1, 0.15) is 16.5 Å². The van der Waals surface area contributed by atoms with Crippen LogP contribution in [-0.4, -0.2) is 36.5 Å². The normalized spacial score (nSPS) is 12.4. The lowest BCUT2D eigenvalue weighted by Crippen LogP contribution is -2.36. The predicted octanol–water partition coefficient (Wildman–Crippen LogP) is 4.98. The number of carbonyl (C=O) groups excluding carboxylic acids is 1. The van der Waals surface area contributed by atoms with Gasteiger partial charge in [-0.05, 0) is 19.1 Å². The Morgan fingerprint density at radius 3 is 2.50 bits per heavy atom. The topological polar surface area (TPSA) is 77.1 Å². The molecule has 3 aromatic heterocycles. The molecular weight excluding hydrogens is 490 g/mol. The van der Waals surface area contributed by atoms with Crippen molar-refractivity contribution in [2.75, 3.05) is 5.32 Å². The summed E-state index contributed by atoms with van der Waals surface area (Å²) in [5.41, 5.74) is -2.21. The van der Waals surface area contributed by atoms with Crippen molar-refractivity contribution in [2.24, 2.45) is 0 Å². The van der Waals surface area contributed by atoms with Gasteiger partial charge in [-0.1, -0.05) is 29.8 Å². The molecule has 1 aromatic carbocycles. The monoisotopic (exact) mass is 502 g/mol. The van der Waals surface area contributed by atoms with Crippen LogP contribution in [0.25, 0.3) is 5.65 Å². The number of benzene rings is 1. The van der Waals surface area contributed by atoms with Gasteiger partial charge in [0.2, 0.25) is 0 Å². The molecule has 1 N–H and O–H groups in total. The summed E-state index contributed by atoms with van der Waals surface area (Å²) in [5, 5.41) is 9.90. The van der Waals surface area contributed by atoms with Crippen molar-refractivity contribution in [3.63, 3.8) is 0 Å². The van der Waals surface area contributed by atoms with Crippen molar-refractivity contribution >= 4 is 29.0 Å². The number of anilines is 1. The second-order valence-corrected chi connectivity index (χ2v) is 7.63. The first-order chi connectivity index (χ1) is 15.9. The SMILES string of the molecule is Cc1cc(C(F)(F)C(F)(F)F)n2nc(C(=O)Nc3nn(Cc4ccccc4F)cc3Cl)cc2n1. The summed E-state index contributed by atoms with van der Waals surface area (Å²) in [7, 11) is 0. The molecule has 0 unspecified atom stereocenters. The number of halogens is 7. The van der Waals surface area contributed by atoms with E-state index in [1.807, 2.05) is 0 Å². The lowest BCUT2D eigenvalue weighted by Gasteiger charge is -2.20. The van der Waals surface area contributed by atoms with Crippen LogP contribution in [0.4, 0.5) is 32.2 Å². The minimum Gasteiger partial charge on any atom is -0.302 e. The van der Waals surface area contributed by atoms with Gasteiger partial charge in [-0.2, -0.15) is 32.1 Å². The maximum atomic E-state index is 14.0. The summed E-state index contributed by atoms with van der Waals surface area (Å²) in [6.07, 6.45) is -4.57. The van der Waals surface area contributed by atoms with Crippen LogP contribution in [0.3, 0.4) is 0 Å². The highest BCUT2D eigenvalue weighted by molar-refractivity contribution is 6.33. The van der Waals surface area contributed by atoms with Crippen LogP contribution in [-0.2, 0) is 12.5 Å². The maximum absolute atomic E-state index is 14.0. The van der Waals surface area contributed by atoms with Crippen LogP contribution in [0.1, 0.15) is 27.4 Å². The van der Waals surface area contributed by atoms with Crippen LogP contribution in [0.5, 0.6) is 0 Å². The van der Waals surface area contributed by atoms with E-state index in [-0.39, 0.29) is 33.2 Å². The predicted molar refractivity (Wildman–Crippen MR) is 108 cm³/mol. The Bertz CT molecular complexity index is 1400. The largest absolute Gasteiger partial charge is 0.459 e. The fraction of sp³-hybridized carbons (Fsp3) is 0.200. The van der Waals surface area contributed by atoms with Crippen LogP contribution in [0.15, 0.2) is 42.6 Å². The zero-order chi connectivity index (χ0) is 24.8. The number of hydrogen-bond donors (Lipinski definition) is 1. The van der Waals surface area contributed by atoms with E-state index in [0.29, 0.717) is 11.6 Å². The van der Waals surface area contributed by atoms with Crippen molar-refractivity contribution in [3.05, 3.63) is 76.1 Å². The standard InChI is InChI=1S/C20H13ClF6N6O/c1-10-6-15(19(23,24)20(25,26)27)33-16(28-10)7-14(30-33)18(34)29-17-12(21)9-32(31-17)8-11-4-2-3-5-13(11)22/h2-7,9H,8H2,1H3,(H,29,31,34). The molecule has 14 heteroatoms. The lowest BCUT2D eigenvalue weighted by atomic mass is 10.2. The van der Waals surface area contributed by atoms with Gasteiger partial charge >= 0.3 is 12.1 Å². The third kappa shape index (κ3) is 4.30. The Hall–Kier alpha value is -3.61. The van der Waals surface area contributed by atoms with E-state index in [0.717, 1.165) is 6.07 Å². The van der Waals surface area contributed by atoms with Gasteiger partial charge in [0, 0.05) is 23.5 Å². The highest BCUT2D eigenvalue weighted by Crippen LogP contribution is 2.43. The molecule has 4 aromatic rings. The molecule has 0 aliphatic carbocycles. The van der Waals surface area contributed by atoms with E-state index >= 15 is 0 Å². The first-order valence-electron chi connectivity index (χ1n) is 9.47. The van der Waals surface area contributed by atoms with Crippen LogP contribution in [0.2, 0.25) is 5.02 Å². The van der Waals surface area contributed by atoms with E-state index in [1.165, 1.54) is 36.0 Å². The number of amides is 1. The molecule has 0 spiro atoms. The Morgan fingerprint density at radius 1 is 1.12 bits per heavy atom. The summed E-state index contributed by atoms with van der Waals surface area (Å²) < 4.78 is 82.2. The number of rotatable bonds is 5. The average molecular weight is 503 g/mol. The molecule has 0 saturated carbocycles. The summed E-state index contributed by atoms with van der Waals surface area (Å²) in [4.78, 5) is 16.5. The zero-order valence-electron chi connectivity index (χ0n) is 17.0.